The predicted octanol–water partition coefficient (Wildman–Crippen LogP) is 3.21. The highest BCUT2D eigenvalue weighted by molar-refractivity contribution is 5.88. The molecule has 3 rings (SSSR count). The van der Waals surface area contributed by atoms with Crippen molar-refractivity contribution in [3.05, 3.63) is 83.4 Å². The van der Waals surface area contributed by atoms with E-state index in [4.69, 9.17) is 20.9 Å². The van der Waals surface area contributed by atoms with Crippen LogP contribution >= 0.6 is 0 Å². The van der Waals surface area contributed by atoms with E-state index in [1.54, 1.807) is 6.07 Å². The van der Waals surface area contributed by atoms with Crippen LogP contribution in [0.2, 0.25) is 0 Å². The molecular formula is C24H28N4O3. The largest absolute Gasteiger partial charge is 0.494 e. The first-order valence-corrected chi connectivity index (χ1v) is 10.2. The third-order valence-corrected chi connectivity index (χ3v) is 5.09. The fraction of sp³-hybridized carbons (Fsp3) is 0.292. The monoisotopic (exact) mass is 420 g/mol. The molecule has 162 valence electrons. The van der Waals surface area contributed by atoms with Gasteiger partial charge in [0.2, 0.25) is 5.82 Å². The lowest BCUT2D eigenvalue weighted by Gasteiger charge is -2.26. The number of hydrogen-bond donors (Lipinski definition) is 2. The molecule has 3 aromatic rings. The van der Waals surface area contributed by atoms with Crippen LogP contribution in [-0.2, 0) is 12.0 Å². The van der Waals surface area contributed by atoms with Gasteiger partial charge in [0, 0.05) is 11.6 Å². The first-order valence-electron chi connectivity index (χ1n) is 10.2. The number of aromatic nitrogens is 2. The highest BCUT2D eigenvalue weighted by atomic mass is 16.5. The quantitative estimate of drug-likeness (QED) is 0.487. The third kappa shape index (κ3) is 5.79. The number of rotatable bonds is 10. The van der Waals surface area contributed by atoms with E-state index in [1.165, 1.54) is 11.8 Å². The van der Waals surface area contributed by atoms with Crippen molar-refractivity contribution < 1.29 is 14.3 Å². The smallest absolute Gasteiger partial charge is 0.286 e. The Morgan fingerprint density at radius 1 is 0.935 bits per heavy atom. The number of benzene rings is 2. The van der Waals surface area contributed by atoms with Gasteiger partial charge in [0.15, 0.2) is 0 Å². The molecule has 0 fully saturated rings. The maximum Gasteiger partial charge on any atom is 0.286 e. The molecule has 7 nitrogen and oxygen atoms in total. The van der Waals surface area contributed by atoms with Crippen molar-refractivity contribution in [1.29, 1.82) is 0 Å². The van der Waals surface area contributed by atoms with Crippen LogP contribution in [0.5, 0.6) is 11.5 Å². The summed E-state index contributed by atoms with van der Waals surface area (Å²) in [6.45, 7) is 5.83. The van der Waals surface area contributed by atoms with Crippen molar-refractivity contribution in [2.45, 2.75) is 32.3 Å². The Bertz CT molecular complexity index is 1000. The Kier molecular flexibility index (Phi) is 7.20. The van der Waals surface area contributed by atoms with Crippen LogP contribution in [0.3, 0.4) is 0 Å². The Morgan fingerprint density at radius 2 is 1.52 bits per heavy atom. The Labute approximate surface area is 182 Å². The number of nitrogens with zero attached hydrogens (tertiary/aromatic N) is 2. The van der Waals surface area contributed by atoms with E-state index in [2.05, 4.69) is 48.1 Å². The van der Waals surface area contributed by atoms with E-state index in [9.17, 15) is 4.79 Å². The maximum absolute atomic E-state index is 11.2. The van der Waals surface area contributed by atoms with Gasteiger partial charge in [-0.15, -0.1) is 0 Å². The highest BCUT2D eigenvalue weighted by Crippen LogP contribution is 2.33. The van der Waals surface area contributed by atoms with Gasteiger partial charge >= 0.3 is 0 Å². The molecule has 7 heteroatoms. The molecule has 0 unspecified atom stereocenters. The second-order valence-corrected chi connectivity index (χ2v) is 7.69. The lowest BCUT2D eigenvalue weighted by molar-refractivity contribution is 0.0989. The molecule has 0 saturated heterocycles. The van der Waals surface area contributed by atoms with Gasteiger partial charge in [-0.3, -0.25) is 4.79 Å². The molecule has 0 atom stereocenters. The summed E-state index contributed by atoms with van der Waals surface area (Å²) in [7, 11) is 0. The van der Waals surface area contributed by atoms with E-state index in [0.717, 1.165) is 17.7 Å². The van der Waals surface area contributed by atoms with Crippen molar-refractivity contribution in [2.24, 2.45) is 11.5 Å². The fourth-order valence-electron chi connectivity index (χ4n) is 3.13. The van der Waals surface area contributed by atoms with Gasteiger partial charge in [-0.2, -0.15) is 0 Å². The number of primary amides is 1. The molecule has 0 spiro atoms. The third-order valence-electron chi connectivity index (χ3n) is 5.09. The van der Waals surface area contributed by atoms with Crippen molar-refractivity contribution in [1.82, 2.24) is 9.97 Å². The Balaban J connectivity index is 1.64. The number of hydrogen-bond acceptors (Lipinski definition) is 6. The molecule has 1 aromatic heterocycles. The molecular weight excluding hydrogens is 392 g/mol. The normalized spacial score (nSPS) is 11.2. The van der Waals surface area contributed by atoms with Crippen molar-refractivity contribution in [3.8, 4) is 11.5 Å². The van der Waals surface area contributed by atoms with Gasteiger partial charge < -0.3 is 20.9 Å². The van der Waals surface area contributed by atoms with Crippen LogP contribution in [0.25, 0.3) is 0 Å². The van der Waals surface area contributed by atoms with Crippen molar-refractivity contribution in [3.63, 3.8) is 0 Å². The van der Waals surface area contributed by atoms with Crippen LogP contribution in [0.1, 0.15) is 47.7 Å². The molecule has 31 heavy (non-hydrogen) atoms. The average Bonchev–Trinajstić information content (AvgIpc) is 2.79. The molecule has 2 aromatic carbocycles. The van der Waals surface area contributed by atoms with Crippen LogP contribution in [0, 0.1) is 0 Å². The molecule has 0 radical (unpaired) electrons. The Morgan fingerprint density at radius 3 is 2.06 bits per heavy atom. The molecule has 0 aliphatic heterocycles. The minimum atomic E-state index is -0.663. The molecule has 0 aliphatic rings. The summed E-state index contributed by atoms with van der Waals surface area (Å²) in [5, 5.41) is 0. The first-order chi connectivity index (χ1) is 14.9. The van der Waals surface area contributed by atoms with Crippen molar-refractivity contribution in [2.75, 3.05) is 13.2 Å². The van der Waals surface area contributed by atoms with Crippen LogP contribution < -0.4 is 20.9 Å². The number of nitrogens with two attached hydrogens (primary N) is 2. The molecule has 4 N–H and O–H groups in total. The number of ether oxygens (including phenoxy) is 2. The molecule has 0 saturated carbocycles. The van der Waals surface area contributed by atoms with Gasteiger partial charge in [-0.05, 0) is 54.4 Å². The summed E-state index contributed by atoms with van der Waals surface area (Å²) in [6, 6.07) is 17.8. The molecule has 0 aliphatic carbocycles. The van der Waals surface area contributed by atoms with E-state index in [-0.39, 0.29) is 17.8 Å². The Hall–Kier alpha value is -3.45. The summed E-state index contributed by atoms with van der Waals surface area (Å²) in [6.07, 6.45) is 2.33. The maximum atomic E-state index is 11.2. The lowest BCUT2D eigenvalue weighted by atomic mass is 9.78. The van der Waals surface area contributed by atoms with Crippen molar-refractivity contribution >= 4 is 5.91 Å². The first kappa shape index (κ1) is 22.2. The second kappa shape index (κ2) is 10.0. The van der Waals surface area contributed by atoms with Gasteiger partial charge in [0.1, 0.15) is 18.1 Å². The zero-order chi connectivity index (χ0) is 22.3. The van der Waals surface area contributed by atoms with E-state index >= 15 is 0 Å². The zero-order valence-corrected chi connectivity index (χ0v) is 17.9. The average molecular weight is 421 g/mol. The van der Waals surface area contributed by atoms with Crippen LogP contribution in [0.15, 0.2) is 60.8 Å². The standard InChI is InChI=1S/C24H28N4O3/c1-24(2,17-4-8-20(9-5-17)30-15-3-13-25)18-6-10-21(11-7-18)31-16-19-12-14-27-23(28-19)22(26)29/h4-12,14H,3,13,15-16,25H2,1-2H3,(H2,26,29). The molecule has 1 amide bonds. The summed E-state index contributed by atoms with van der Waals surface area (Å²) in [5.74, 6) is 0.876. The second-order valence-electron chi connectivity index (χ2n) is 7.69. The minimum Gasteiger partial charge on any atom is -0.494 e. The number of carbonyl (C=O) groups is 1. The van der Waals surface area contributed by atoms with Gasteiger partial charge in [-0.1, -0.05) is 38.1 Å². The fourth-order valence-corrected chi connectivity index (χ4v) is 3.13. The van der Waals surface area contributed by atoms with Gasteiger partial charge in [-0.25, -0.2) is 9.97 Å². The highest BCUT2D eigenvalue weighted by Gasteiger charge is 2.23. The van der Waals surface area contributed by atoms with Crippen LogP contribution in [0.4, 0.5) is 0 Å². The number of carbonyl (C=O) groups excluding carboxylic acids is 1. The summed E-state index contributed by atoms with van der Waals surface area (Å²) in [4.78, 5) is 19.1. The van der Waals surface area contributed by atoms with Crippen LogP contribution in [-0.4, -0.2) is 29.0 Å². The van der Waals surface area contributed by atoms with Gasteiger partial charge in [0.25, 0.3) is 5.91 Å². The molecule has 0 bridgehead atoms. The SMILES string of the molecule is CC(C)(c1ccc(OCCCN)cc1)c1ccc(OCc2ccnc(C(N)=O)n2)cc1. The van der Waals surface area contributed by atoms with Gasteiger partial charge in [0.05, 0.1) is 12.3 Å². The summed E-state index contributed by atoms with van der Waals surface area (Å²) < 4.78 is 11.5. The van der Waals surface area contributed by atoms with E-state index < -0.39 is 5.91 Å². The van der Waals surface area contributed by atoms with E-state index in [0.29, 0.717) is 24.6 Å². The van der Waals surface area contributed by atoms with E-state index in [1.807, 2.05) is 24.3 Å². The zero-order valence-electron chi connectivity index (χ0n) is 17.9. The topological polar surface area (TPSA) is 113 Å². The minimum absolute atomic E-state index is 0.0194. The summed E-state index contributed by atoms with van der Waals surface area (Å²) >= 11 is 0. The predicted molar refractivity (Wildman–Crippen MR) is 119 cm³/mol. The number of amides is 1. The lowest BCUT2D eigenvalue weighted by Crippen LogP contribution is -2.18. The molecule has 1 heterocycles. The summed E-state index contributed by atoms with van der Waals surface area (Å²) in [5.41, 5.74) is 13.5.